The van der Waals surface area contributed by atoms with Crippen LogP contribution in [0.25, 0.3) is 0 Å². The van der Waals surface area contributed by atoms with Crippen molar-refractivity contribution in [1.29, 1.82) is 0 Å². The number of rotatable bonds is 5. The minimum absolute atomic E-state index is 0.102. The van der Waals surface area contributed by atoms with Crippen molar-refractivity contribution in [2.24, 2.45) is 11.8 Å². The quantitative estimate of drug-likeness (QED) is 0.758. The molecule has 1 aliphatic heterocycles. The van der Waals surface area contributed by atoms with E-state index in [1.165, 1.54) is 12.1 Å². The van der Waals surface area contributed by atoms with Gasteiger partial charge < -0.3 is 10.1 Å². The lowest BCUT2D eigenvalue weighted by Crippen LogP contribution is -2.38. The van der Waals surface area contributed by atoms with E-state index in [1.807, 2.05) is 0 Å². The van der Waals surface area contributed by atoms with Crippen molar-refractivity contribution in [1.82, 2.24) is 0 Å². The molecule has 1 aromatic rings. The van der Waals surface area contributed by atoms with E-state index >= 15 is 0 Å². The molecule has 10 heteroatoms. The first kappa shape index (κ1) is 21.2. The molecule has 1 N–H and O–H groups in total. The lowest BCUT2D eigenvalue weighted by molar-refractivity contribution is -0.160. The summed E-state index contributed by atoms with van der Waals surface area (Å²) in [7, 11) is -3.31. The van der Waals surface area contributed by atoms with Crippen LogP contribution in [0, 0.1) is 11.8 Å². The molecule has 27 heavy (non-hydrogen) atoms. The molecule has 2 rings (SSSR count). The zero-order valence-corrected chi connectivity index (χ0v) is 15.6. The van der Waals surface area contributed by atoms with Crippen LogP contribution in [0.2, 0.25) is 0 Å². The summed E-state index contributed by atoms with van der Waals surface area (Å²) in [5.41, 5.74) is -1.46. The molecule has 1 heterocycles. The van der Waals surface area contributed by atoms with Crippen molar-refractivity contribution in [3.63, 3.8) is 0 Å². The zero-order valence-electron chi connectivity index (χ0n) is 14.7. The SMILES string of the molecule is CC(C)[C@@H](OC(=O)[C@@H]1CCS(=O)(=O)C1)C(=O)Nc1ccccc1C(F)(F)F. The van der Waals surface area contributed by atoms with E-state index in [-0.39, 0.29) is 17.9 Å². The number of benzene rings is 1. The monoisotopic (exact) mass is 407 g/mol. The van der Waals surface area contributed by atoms with Gasteiger partial charge in [0.1, 0.15) is 0 Å². The molecular weight excluding hydrogens is 387 g/mol. The summed E-state index contributed by atoms with van der Waals surface area (Å²) >= 11 is 0. The normalized spacial score (nSPS) is 20.3. The van der Waals surface area contributed by atoms with Gasteiger partial charge in [-0.2, -0.15) is 13.2 Å². The number of sulfone groups is 1. The van der Waals surface area contributed by atoms with Crippen LogP contribution in [0.15, 0.2) is 24.3 Å². The van der Waals surface area contributed by atoms with Gasteiger partial charge in [0.05, 0.1) is 28.7 Å². The Balaban J connectivity index is 2.14. The number of alkyl halides is 3. The second kappa shape index (κ2) is 7.87. The predicted octanol–water partition coefficient (Wildman–Crippen LogP) is 2.65. The van der Waals surface area contributed by atoms with Crippen molar-refractivity contribution in [2.75, 3.05) is 16.8 Å². The van der Waals surface area contributed by atoms with Crippen molar-refractivity contribution < 1.29 is 35.9 Å². The molecule has 0 aromatic heterocycles. The lowest BCUT2D eigenvalue weighted by Gasteiger charge is -2.23. The minimum atomic E-state index is -4.66. The Bertz CT molecular complexity index is 820. The van der Waals surface area contributed by atoms with Gasteiger partial charge >= 0.3 is 12.1 Å². The molecule has 1 amide bonds. The maximum absolute atomic E-state index is 13.1. The maximum atomic E-state index is 13.1. The first-order valence-corrected chi connectivity index (χ1v) is 10.1. The third kappa shape index (κ3) is 5.44. The topological polar surface area (TPSA) is 89.5 Å². The summed E-state index contributed by atoms with van der Waals surface area (Å²) in [4.78, 5) is 24.6. The molecule has 1 aliphatic rings. The van der Waals surface area contributed by atoms with Crippen molar-refractivity contribution in [3.05, 3.63) is 29.8 Å². The Kier molecular flexibility index (Phi) is 6.18. The molecule has 2 atom stereocenters. The average Bonchev–Trinajstić information content (AvgIpc) is 2.91. The smallest absolute Gasteiger partial charge is 0.418 e. The number of esters is 1. The van der Waals surface area contributed by atoms with Crippen LogP contribution in [0.4, 0.5) is 18.9 Å². The van der Waals surface area contributed by atoms with Gasteiger partial charge in [0.15, 0.2) is 15.9 Å². The number of para-hydroxylation sites is 1. The summed E-state index contributed by atoms with van der Waals surface area (Å²) < 4.78 is 67.3. The standard InChI is InChI=1S/C17H20F3NO5S/c1-10(2)14(26-16(23)11-7-8-27(24,25)9-11)15(22)21-13-6-4-3-5-12(13)17(18,19)20/h3-6,10-11,14H,7-9H2,1-2H3,(H,21,22)/t11-,14-/m1/s1. The van der Waals surface area contributed by atoms with Crippen LogP contribution < -0.4 is 5.32 Å². The highest BCUT2D eigenvalue weighted by molar-refractivity contribution is 7.91. The van der Waals surface area contributed by atoms with E-state index in [9.17, 15) is 31.2 Å². The molecule has 0 bridgehead atoms. The van der Waals surface area contributed by atoms with Crippen LogP contribution in [0.5, 0.6) is 0 Å². The maximum Gasteiger partial charge on any atom is 0.418 e. The number of carbonyl (C=O) groups excluding carboxylic acids is 2. The number of carbonyl (C=O) groups is 2. The molecule has 6 nitrogen and oxygen atoms in total. The fourth-order valence-corrected chi connectivity index (χ4v) is 4.46. The number of anilines is 1. The minimum Gasteiger partial charge on any atom is -0.452 e. The van der Waals surface area contributed by atoms with Gasteiger partial charge in [-0.1, -0.05) is 26.0 Å². The molecule has 1 fully saturated rings. The van der Waals surface area contributed by atoms with Gasteiger partial charge in [-0.15, -0.1) is 0 Å². The molecule has 0 radical (unpaired) electrons. The first-order valence-electron chi connectivity index (χ1n) is 8.28. The molecule has 0 spiro atoms. The third-order valence-corrected chi connectivity index (χ3v) is 5.93. The number of nitrogens with one attached hydrogen (secondary N) is 1. The molecule has 1 aromatic carbocycles. The summed E-state index contributed by atoms with van der Waals surface area (Å²) in [5.74, 6) is -3.62. The van der Waals surface area contributed by atoms with E-state index in [0.29, 0.717) is 0 Å². The highest BCUT2D eigenvalue weighted by Crippen LogP contribution is 2.34. The third-order valence-electron chi connectivity index (χ3n) is 4.16. The summed E-state index contributed by atoms with van der Waals surface area (Å²) in [6, 6.07) is 4.46. The highest BCUT2D eigenvalue weighted by atomic mass is 32.2. The van der Waals surface area contributed by atoms with Crippen LogP contribution in [0.1, 0.15) is 25.8 Å². The van der Waals surface area contributed by atoms with E-state index in [2.05, 4.69) is 5.32 Å². The molecule has 0 unspecified atom stereocenters. The van der Waals surface area contributed by atoms with Crippen molar-refractivity contribution in [3.8, 4) is 0 Å². The number of amides is 1. The molecule has 1 saturated heterocycles. The van der Waals surface area contributed by atoms with Crippen LogP contribution in [0.3, 0.4) is 0 Å². The Morgan fingerprint density at radius 1 is 1.22 bits per heavy atom. The highest BCUT2D eigenvalue weighted by Gasteiger charge is 2.38. The second-order valence-electron chi connectivity index (χ2n) is 6.73. The number of halogens is 3. The summed E-state index contributed by atoms with van der Waals surface area (Å²) in [5, 5.41) is 2.16. The van der Waals surface area contributed by atoms with Crippen LogP contribution in [-0.4, -0.2) is 37.9 Å². The summed E-state index contributed by atoms with van der Waals surface area (Å²) in [6.07, 6.45) is -5.90. The van der Waals surface area contributed by atoms with Gasteiger partial charge in [0.25, 0.3) is 5.91 Å². The zero-order chi connectivity index (χ0) is 20.4. The lowest BCUT2D eigenvalue weighted by atomic mass is 10.0. The van der Waals surface area contributed by atoms with Gasteiger partial charge in [-0.25, -0.2) is 8.42 Å². The predicted molar refractivity (Wildman–Crippen MR) is 91.6 cm³/mol. The second-order valence-corrected chi connectivity index (χ2v) is 8.96. The van der Waals surface area contributed by atoms with Gasteiger partial charge in [-0.3, -0.25) is 9.59 Å². The van der Waals surface area contributed by atoms with E-state index < -0.39 is 57.1 Å². The van der Waals surface area contributed by atoms with E-state index in [1.54, 1.807) is 13.8 Å². The molecule has 0 aliphatic carbocycles. The number of hydrogen-bond donors (Lipinski definition) is 1. The van der Waals surface area contributed by atoms with Crippen LogP contribution >= 0.6 is 0 Å². The Hall–Kier alpha value is -2.10. The number of hydrogen-bond acceptors (Lipinski definition) is 5. The molecule has 0 saturated carbocycles. The fraction of sp³-hybridized carbons (Fsp3) is 0.529. The Labute approximate surface area is 155 Å². The molecule has 150 valence electrons. The largest absolute Gasteiger partial charge is 0.452 e. The van der Waals surface area contributed by atoms with E-state index in [4.69, 9.17) is 4.74 Å². The van der Waals surface area contributed by atoms with Gasteiger partial charge in [0.2, 0.25) is 0 Å². The van der Waals surface area contributed by atoms with Gasteiger partial charge in [-0.05, 0) is 24.5 Å². The van der Waals surface area contributed by atoms with Crippen LogP contribution in [-0.2, 0) is 30.3 Å². The fourth-order valence-electron chi connectivity index (χ4n) is 2.74. The molecular formula is C17H20F3NO5S. The number of ether oxygens (including phenoxy) is 1. The van der Waals surface area contributed by atoms with Crippen molar-refractivity contribution >= 4 is 27.4 Å². The van der Waals surface area contributed by atoms with Gasteiger partial charge in [0, 0.05) is 0 Å². The first-order chi connectivity index (χ1) is 12.4. The Morgan fingerprint density at radius 3 is 2.37 bits per heavy atom. The van der Waals surface area contributed by atoms with E-state index in [0.717, 1.165) is 12.1 Å². The van der Waals surface area contributed by atoms with Crippen molar-refractivity contribution in [2.45, 2.75) is 32.5 Å². The summed E-state index contributed by atoms with van der Waals surface area (Å²) in [6.45, 7) is 3.14. The Morgan fingerprint density at radius 2 is 1.85 bits per heavy atom. The average molecular weight is 407 g/mol.